The van der Waals surface area contributed by atoms with Crippen molar-refractivity contribution in [2.45, 2.75) is 13.5 Å². The smallest absolute Gasteiger partial charge is 0.211 e. The molecule has 0 amide bonds. The number of aryl methyl sites for hydroxylation is 1. The van der Waals surface area contributed by atoms with Crippen LogP contribution in [0, 0.1) is 12.7 Å². The summed E-state index contributed by atoms with van der Waals surface area (Å²) in [5.41, 5.74) is 2.10. The van der Waals surface area contributed by atoms with E-state index in [1.807, 2.05) is 13.0 Å². The Morgan fingerprint density at radius 2 is 2.19 bits per heavy atom. The molecular weight excluding hydrogens is 377 g/mol. The lowest BCUT2D eigenvalue weighted by atomic mass is 10.2. The van der Waals surface area contributed by atoms with Crippen molar-refractivity contribution in [2.24, 2.45) is 0 Å². The van der Waals surface area contributed by atoms with E-state index in [-0.39, 0.29) is 12.4 Å². The molecule has 3 heterocycles. The third-order valence-corrected chi connectivity index (χ3v) is 4.82. The molecule has 4 aromatic rings. The van der Waals surface area contributed by atoms with Crippen LogP contribution in [0.5, 0.6) is 0 Å². The van der Waals surface area contributed by atoms with E-state index in [1.54, 1.807) is 29.1 Å². The summed E-state index contributed by atoms with van der Waals surface area (Å²) in [6.07, 6.45) is 1.74. The number of benzene rings is 1. The summed E-state index contributed by atoms with van der Waals surface area (Å²) in [6.45, 7) is 2.16. The molecule has 0 fully saturated rings. The number of hydrogen-bond donors (Lipinski definition) is 2. The molecule has 1 aromatic carbocycles. The number of anilines is 2. The molecule has 0 spiro atoms. The van der Waals surface area contributed by atoms with Gasteiger partial charge in [0.05, 0.1) is 6.54 Å². The van der Waals surface area contributed by atoms with Gasteiger partial charge in [0.25, 0.3) is 0 Å². The number of aromatic nitrogens is 6. The summed E-state index contributed by atoms with van der Waals surface area (Å²) in [6, 6.07) is 8.28. The number of halogens is 2. The molecule has 0 bridgehead atoms. The number of rotatable bonds is 5. The molecule has 0 unspecified atom stereocenters. The van der Waals surface area contributed by atoms with Gasteiger partial charge in [0.1, 0.15) is 11.5 Å². The SMILES string of the molecule is Cc1cc(-c2nnc(Nc3ccn(Cc4c(F)cccc4Cl)n3)s2)n[nH]1. The van der Waals surface area contributed by atoms with E-state index in [0.717, 1.165) is 11.4 Å². The van der Waals surface area contributed by atoms with Crippen molar-refractivity contribution in [1.82, 2.24) is 30.2 Å². The second-order valence-corrected chi connectivity index (χ2v) is 6.96. The average Bonchev–Trinajstić information content (AvgIpc) is 3.33. The molecule has 3 aromatic heterocycles. The van der Waals surface area contributed by atoms with Gasteiger partial charge in [-0.1, -0.05) is 29.0 Å². The molecule has 2 N–H and O–H groups in total. The Kier molecular flexibility index (Phi) is 4.39. The zero-order valence-electron chi connectivity index (χ0n) is 13.6. The molecule has 4 rings (SSSR count). The number of hydrogen-bond acceptors (Lipinski definition) is 6. The van der Waals surface area contributed by atoms with Crippen molar-refractivity contribution in [3.8, 4) is 10.7 Å². The lowest BCUT2D eigenvalue weighted by molar-refractivity contribution is 0.586. The van der Waals surface area contributed by atoms with Crippen LogP contribution >= 0.6 is 22.9 Å². The minimum atomic E-state index is -0.356. The summed E-state index contributed by atoms with van der Waals surface area (Å²) >= 11 is 7.42. The van der Waals surface area contributed by atoms with Crippen molar-refractivity contribution >= 4 is 33.9 Å². The number of H-pyrrole nitrogens is 1. The lowest BCUT2D eigenvalue weighted by Crippen LogP contribution is -2.04. The maximum absolute atomic E-state index is 13.9. The minimum Gasteiger partial charge on any atom is -0.313 e. The predicted octanol–water partition coefficient (Wildman–Crippen LogP) is 4.02. The average molecular weight is 390 g/mol. The van der Waals surface area contributed by atoms with Crippen molar-refractivity contribution in [1.29, 1.82) is 0 Å². The summed E-state index contributed by atoms with van der Waals surface area (Å²) in [7, 11) is 0. The summed E-state index contributed by atoms with van der Waals surface area (Å²) in [5, 5.41) is 24.4. The first kappa shape index (κ1) is 16.7. The van der Waals surface area contributed by atoms with Crippen LogP contribution < -0.4 is 5.32 Å². The Morgan fingerprint density at radius 1 is 1.31 bits per heavy atom. The van der Waals surface area contributed by atoms with Crippen molar-refractivity contribution in [3.63, 3.8) is 0 Å². The molecular formula is C16H13ClFN7S. The number of nitrogens with one attached hydrogen (secondary N) is 2. The Bertz CT molecular complexity index is 1030. The normalized spacial score (nSPS) is 11.0. The Hall–Kier alpha value is -2.78. The second kappa shape index (κ2) is 6.85. The van der Waals surface area contributed by atoms with Crippen LogP contribution in [0.25, 0.3) is 10.7 Å². The maximum Gasteiger partial charge on any atom is 0.211 e. The molecule has 0 saturated heterocycles. The summed E-state index contributed by atoms with van der Waals surface area (Å²) in [5.74, 6) is 0.226. The van der Waals surface area contributed by atoms with Gasteiger partial charge in [-0.25, -0.2) is 4.39 Å². The van der Waals surface area contributed by atoms with Crippen LogP contribution in [0.3, 0.4) is 0 Å². The van der Waals surface area contributed by atoms with Gasteiger partial charge < -0.3 is 5.32 Å². The number of aromatic amines is 1. The van der Waals surface area contributed by atoms with E-state index in [0.29, 0.717) is 26.5 Å². The Morgan fingerprint density at radius 3 is 2.96 bits per heavy atom. The fourth-order valence-corrected chi connectivity index (χ4v) is 3.31. The van der Waals surface area contributed by atoms with Gasteiger partial charge in [0.2, 0.25) is 5.13 Å². The second-order valence-electron chi connectivity index (χ2n) is 5.57. The van der Waals surface area contributed by atoms with E-state index < -0.39 is 0 Å². The third kappa shape index (κ3) is 3.44. The molecule has 10 heteroatoms. The fourth-order valence-electron chi connectivity index (χ4n) is 2.38. The van der Waals surface area contributed by atoms with Crippen molar-refractivity contribution in [3.05, 3.63) is 58.6 Å². The number of nitrogens with zero attached hydrogens (tertiary/aromatic N) is 5. The van der Waals surface area contributed by atoms with Gasteiger partial charge in [-0.3, -0.25) is 9.78 Å². The molecule has 0 aliphatic rings. The zero-order valence-corrected chi connectivity index (χ0v) is 15.1. The molecule has 0 aliphatic carbocycles. The zero-order chi connectivity index (χ0) is 18.1. The van der Waals surface area contributed by atoms with Gasteiger partial charge in [-0.05, 0) is 25.1 Å². The molecule has 0 aliphatic heterocycles. The van der Waals surface area contributed by atoms with E-state index in [9.17, 15) is 4.39 Å². The van der Waals surface area contributed by atoms with E-state index >= 15 is 0 Å². The largest absolute Gasteiger partial charge is 0.313 e. The predicted molar refractivity (Wildman–Crippen MR) is 98.2 cm³/mol. The highest BCUT2D eigenvalue weighted by atomic mass is 35.5. The first-order chi connectivity index (χ1) is 12.6. The molecule has 132 valence electrons. The van der Waals surface area contributed by atoms with Crippen LogP contribution in [0.15, 0.2) is 36.5 Å². The maximum atomic E-state index is 13.9. The van der Waals surface area contributed by atoms with E-state index in [4.69, 9.17) is 11.6 Å². The van der Waals surface area contributed by atoms with Gasteiger partial charge >= 0.3 is 0 Å². The molecule has 0 atom stereocenters. The third-order valence-electron chi connectivity index (χ3n) is 3.61. The molecule has 26 heavy (non-hydrogen) atoms. The first-order valence-corrected chi connectivity index (χ1v) is 8.87. The van der Waals surface area contributed by atoms with Crippen molar-refractivity contribution < 1.29 is 4.39 Å². The van der Waals surface area contributed by atoms with Gasteiger partial charge in [-0.2, -0.15) is 10.2 Å². The quantitative estimate of drug-likeness (QED) is 0.538. The van der Waals surface area contributed by atoms with Gasteiger partial charge in [0.15, 0.2) is 10.8 Å². The standard InChI is InChI=1S/C16H13ClFN7S/c1-9-7-13(21-20-9)15-22-23-16(26-15)19-14-5-6-25(24-14)8-10-11(17)3-2-4-12(10)18/h2-7H,8H2,1H3,(H,20,21)(H,19,23,24). The first-order valence-electron chi connectivity index (χ1n) is 7.68. The topological polar surface area (TPSA) is 84.3 Å². The van der Waals surface area contributed by atoms with Crippen LogP contribution in [0.2, 0.25) is 5.02 Å². The van der Waals surface area contributed by atoms with Crippen LogP contribution in [-0.2, 0) is 6.54 Å². The minimum absolute atomic E-state index is 0.237. The highest BCUT2D eigenvalue weighted by Crippen LogP contribution is 2.27. The molecule has 0 radical (unpaired) electrons. The lowest BCUT2D eigenvalue weighted by Gasteiger charge is -2.05. The fraction of sp³-hybridized carbons (Fsp3) is 0.125. The Labute approximate surface area is 156 Å². The van der Waals surface area contributed by atoms with Crippen LogP contribution in [-0.4, -0.2) is 30.2 Å². The van der Waals surface area contributed by atoms with Gasteiger partial charge in [-0.15, -0.1) is 10.2 Å². The summed E-state index contributed by atoms with van der Waals surface area (Å²) < 4.78 is 15.5. The van der Waals surface area contributed by atoms with E-state index in [2.05, 4.69) is 30.8 Å². The van der Waals surface area contributed by atoms with Crippen LogP contribution in [0.1, 0.15) is 11.3 Å². The Balaban J connectivity index is 1.48. The van der Waals surface area contributed by atoms with E-state index in [1.165, 1.54) is 17.4 Å². The highest BCUT2D eigenvalue weighted by molar-refractivity contribution is 7.18. The van der Waals surface area contributed by atoms with Crippen LogP contribution in [0.4, 0.5) is 15.3 Å². The summed E-state index contributed by atoms with van der Waals surface area (Å²) in [4.78, 5) is 0. The molecule has 0 saturated carbocycles. The molecule has 7 nitrogen and oxygen atoms in total. The van der Waals surface area contributed by atoms with Crippen molar-refractivity contribution in [2.75, 3.05) is 5.32 Å². The highest BCUT2D eigenvalue weighted by Gasteiger charge is 2.12. The van der Waals surface area contributed by atoms with Gasteiger partial charge in [0, 0.05) is 28.5 Å². The monoisotopic (exact) mass is 389 g/mol.